The number of fused-ring (bicyclic) bond motifs is 5. The largest absolute Gasteiger partial charge is 0.310 e. The van der Waals surface area contributed by atoms with E-state index in [2.05, 4.69) is 16.4 Å². The topological polar surface area (TPSA) is 24.9 Å². The summed E-state index contributed by atoms with van der Waals surface area (Å²) in [6, 6.07) is 5.00. The molecule has 0 aromatic carbocycles. The number of aromatic nitrogens is 1. The quantitative estimate of drug-likeness (QED) is 0.896. The van der Waals surface area contributed by atoms with E-state index in [0.29, 0.717) is 0 Å². The fourth-order valence-corrected chi connectivity index (χ4v) is 5.23. The Hall–Kier alpha value is -0.890. The van der Waals surface area contributed by atoms with Crippen molar-refractivity contribution in [1.82, 2.24) is 10.3 Å². The van der Waals surface area contributed by atoms with Crippen LogP contribution in [0.4, 0.5) is 0 Å². The zero-order valence-electron chi connectivity index (χ0n) is 11.6. The van der Waals surface area contributed by atoms with Crippen LogP contribution in [-0.4, -0.2) is 11.0 Å². The number of pyridine rings is 1. The first-order valence-electron chi connectivity index (χ1n) is 8.04. The van der Waals surface area contributed by atoms with Crippen LogP contribution < -0.4 is 5.32 Å². The molecule has 19 heavy (non-hydrogen) atoms. The molecule has 2 bridgehead atoms. The van der Waals surface area contributed by atoms with E-state index in [4.69, 9.17) is 0 Å². The van der Waals surface area contributed by atoms with E-state index in [-0.39, 0.29) is 0 Å². The molecule has 1 aromatic rings. The standard InChI is InChI=1S/C17H24N2/c1-2-6-15-14(5-1)13-8-16(15)17(9-13)19-11-12-4-3-7-18-10-12/h3-4,7,10,13-17,19H,1-2,5-6,8-9,11H2/t13-,14+,15+,16-,17+/m0/s1. The fraction of sp³-hybridized carbons (Fsp3) is 0.706. The number of rotatable bonds is 3. The molecular formula is C17H24N2. The SMILES string of the molecule is c1cncc(CN[C@@H]2C[C@@H]3C[C@H]2[C@@H]2CCCC[C@H]32)c1. The van der Waals surface area contributed by atoms with Crippen molar-refractivity contribution in [3.05, 3.63) is 30.1 Å². The number of hydrogen-bond donors (Lipinski definition) is 1. The highest BCUT2D eigenvalue weighted by molar-refractivity contribution is 5.10. The summed E-state index contributed by atoms with van der Waals surface area (Å²) in [7, 11) is 0. The zero-order valence-corrected chi connectivity index (χ0v) is 11.6. The molecule has 1 aromatic heterocycles. The molecule has 3 saturated carbocycles. The molecule has 1 N–H and O–H groups in total. The minimum atomic E-state index is 0.782. The summed E-state index contributed by atoms with van der Waals surface area (Å²) in [6.07, 6.45) is 12.8. The van der Waals surface area contributed by atoms with Crippen LogP contribution in [0.25, 0.3) is 0 Å². The van der Waals surface area contributed by atoms with Gasteiger partial charge in [-0.3, -0.25) is 4.98 Å². The van der Waals surface area contributed by atoms with Gasteiger partial charge in [-0.2, -0.15) is 0 Å². The minimum absolute atomic E-state index is 0.782. The normalized spacial score (nSPS) is 40.3. The van der Waals surface area contributed by atoms with E-state index in [1.54, 1.807) is 0 Å². The van der Waals surface area contributed by atoms with E-state index < -0.39 is 0 Å². The summed E-state index contributed by atoms with van der Waals surface area (Å²) in [5, 5.41) is 3.82. The molecule has 4 rings (SSSR count). The molecule has 0 spiro atoms. The van der Waals surface area contributed by atoms with Crippen molar-refractivity contribution >= 4 is 0 Å². The van der Waals surface area contributed by atoms with Gasteiger partial charge in [0.1, 0.15) is 0 Å². The first-order chi connectivity index (χ1) is 9.42. The van der Waals surface area contributed by atoms with Gasteiger partial charge in [0.25, 0.3) is 0 Å². The molecular weight excluding hydrogens is 232 g/mol. The second kappa shape index (κ2) is 4.90. The maximum atomic E-state index is 4.20. The molecule has 1 heterocycles. The monoisotopic (exact) mass is 256 g/mol. The summed E-state index contributed by atoms with van der Waals surface area (Å²) in [4.78, 5) is 4.20. The molecule has 2 heteroatoms. The third-order valence-electron chi connectivity index (χ3n) is 5.97. The Balaban J connectivity index is 1.39. The van der Waals surface area contributed by atoms with Crippen LogP contribution in [0.5, 0.6) is 0 Å². The molecule has 5 atom stereocenters. The third kappa shape index (κ3) is 2.10. The van der Waals surface area contributed by atoms with E-state index in [0.717, 1.165) is 36.3 Å². The highest BCUT2D eigenvalue weighted by Crippen LogP contribution is 2.57. The molecule has 0 saturated heterocycles. The van der Waals surface area contributed by atoms with Gasteiger partial charge in [0, 0.05) is 25.0 Å². The molecule has 0 aliphatic heterocycles. The zero-order chi connectivity index (χ0) is 12.7. The minimum Gasteiger partial charge on any atom is -0.310 e. The number of nitrogens with one attached hydrogen (secondary N) is 1. The predicted octanol–water partition coefficient (Wildman–Crippen LogP) is 3.39. The van der Waals surface area contributed by atoms with Gasteiger partial charge in [0.05, 0.1) is 0 Å². The van der Waals surface area contributed by atoms with Crippen molar-refractivity contribution in [3.63, 3.8) is 0 Å². The van der Waals surface area contributed by atoms with Crippen LogP contribution in [0.1, 0.15) is 44.1 Å². The molecule has 102 valence electrons. The van der Waals surface area contributed by atoms with Crippen LogP contribution >= 0.6 is 0 Å². The van der Waals surface area contributed by atoms with Crippen LogP contribution in [0.15, 0.2) is 24.5 Å². The Morgan fingerprint density at radius 1 is 1.11 bits per heavy atom. The lowest BCUT2D eigenvalue weighted by Gasteiger charge is -2.39. The Labute approximate surface area is 116 Å². The lowest BCUT2D eigenvalue weighted by Crippen LogP contribution is -2.41. The van der Waals surface area contributed by atoms with Gasteiger partial charge in [0.2, 0.25) is 0 Å². The number of hydrogen-bond acceptors (Lipinski definition) is 2. The molecule has 0 radical (unpaired) electrons. The van der Waals surface area contributed by atoms with Gasteiger partial charge >= 0.3 is 0 Å². The van der Waals surface area contributed by atoms with Gasteiger partial charge in [-0.1, -0.05) is 18.9 Å². The van der Waals surface area contributed by atoms with E-state index >= 15 is 0 Å². The van der Waals surface area contributed by atoms with Gasteiger partial charge < -0.3 is 5.32 Å². The first kappa shape index (κ1) is 11.9. The molecule has 0 unspecified atom stereocenters. The van der Waals surface area contributed by atoms with E-state index in [1.807, 2.05) is 18.5 Å². The molecule has 3 aliphatic carbocycles. The summed E-state index contributed by atoms with van der Waals surface area (Å²) >= 11 is 0. The Morgan fingerprint density at radius 3 is 2.84 bits per heavy atom. The van der Waals surface area contributed by atoms with Gasteiger partial charge in [-0.15, -0.1) is 0 Å². The molecule has 3 fully saturated rings. The van der Waals surface area contributed by atoms with Crippen molar-refractivity contribution in [3.8, 4) is 0 Å². The molecule has 2 nitrogen and oxygen atoms in total. The third-order valence-corrected chi connectivity index (χ3v) is 5.97. The fourth-order valence-electron chi connectivity index (χ4n) is 5.23. The second-order valence-corrected chi connectivity index (χ2v) is 6.86. The Kier molecular flexibility index (Phi) is 3.07. The van der Waals surface area contributed by atoms with Crippen LogP contribution in [0.2, 0.25) is 0 Å². The van der Waals surface area contributed by atoms with E-state index in [1.165, 1.54) is 44.1 Å². The van der Waals surface area contributed by atoms with E-state index in [9.17, 15) is 0 Å². The maximum Gasteiger partial charge on any atom is 0.0312 e. The summed E-state index contributed by atoms with van der Waals surface area (Å²) in [5.41, 5.74) is 1.32. The van der Waals surface area contributed by atoms with Crippen molar-refractivity contribution in [2.75, 3.05) is 0 Å². The highest BCUT2D eigenvalue weighted by Gasteiger charge is 2.52. The van der Waals surface area contributed by atoms with Gasteiger partial charge in [-0.05, 0) is 61.0 Å². The predicted molar refractivity (Wildman–Crippen MR) is 76.5 cm³/mol. The van der Waals surface area contributed by atoms with Crippen LogP contribution in [0.3, 0.4) is 0 Å². The smallest absolute Gasteiger partial charge is 0.0312 e. The summed E-state index contributed by atoms with van der Waals surface area (Å²) in [6.45, 7) is 0.999. The summed E-state index contributed by atoms with van der Waals surface area (Å²) in [5.74, 6) is 4.17. The molecule has 0 amide bonds. The van der Waals surface area contributed by atoms with Crippen LogP contribution in [-0.2, 0) is 6.54 Å². The highest BCUT2D eigenvalue weighted by atomic mass is 14.9. The van der Waals surface area contributed by atoms with Crippen molar-refractivity contribution in [1.29, 1.82) is 0 Å². The average molecular weight is 256 g/mol. The Bertz CT molecular complexity index is 430. The van der Waals surface area contributed by atoms with Gasteiger partial charge in [-0.25, -0.2) is 0 Å². The molecule has 3 aliphatic rings. The van der Waals surface area contributed by atoms with Crippen molar-refractivity contribution < 1.29 is 0 Å². The maximum absolute atomic E-state index is 4.20. The average Bonchev–Trinajstić information content (AvgIpc) is 3.05. The first-order valence-corrected chi connectivity index (χ1v) is 8.04. The lowest BCUT2D eigenvalue weighted by molar-refractivity contribution is 0.129. The van der Waals surface area contributed by atoms with Gasteiger partial charge in [0.15, 0.2) is 0 Å². The van der Waals surface area contributed by atoms with Crippen molar-refractivity contribution in [2.24, 2.45) is 23.7 Å². The van der Waals surface area contributed by atoms with Crippen LogP contribution in [0, 0.1) is 23.7 Å². The Morgan fingerprint density at radius 2 is 2.00 bits per heavy atom. The summed E-state index contributed by atoms with van der Waals surface area (Å²) < 4.78 is 0. The second-order valence-electron chi connectivity index (χ2n) is 6.86. The lowest BCUT2D eigenvalue weighted by atomic mass is 9.69. The number of nitrogens with zero attached hydrogens (tertiary/aromatic N) is 1. The van der Waals surface area contributed by atoms with Crippen molar-refractivity contribution in [2.45, 2.75) is 51.1 Å².